The van der Waals surface area contributed by atoms with Crippen LogP contribution in [-0.4, -0.2) is 80.5 Å². The van der Waals surface area contributed by atoms with Gasteiger partial charge in [0, 0.05) is 37.7 Å². The molecule has 0 N–H and O–H groups in total. The fourth-order valence-corrected chi connectivity index (χ4v) is 3.85. The number of rotatable bonds is 7. The maximum absolute atomic E-state index is 12.5. The number of hydrogen-bond donors (Lipinski definition) is 0. The molecule has 140 valence electrons. The number of nitrogens with zero attached hydrogens (tertiary/aromatic N) is 3. The number of benzene rings is 1. The predicted octanol–water partition coefficient (Wildman–Crippen LogP) is 1.31. The largest absolute Gasteiger partial charge is 0.339 e. The van der Waals surface area contributed by atoms with Gasteiger partial charge in [-0.1, -0.05) is 30.7 Å². The minimum atomic E-state index is -3.45. The first-order valence-corrected chi connectivity index (χ1v) is 10.7. The summed E-state index contributed by atoms with van der Waals surface area (Å²) < 4.78 is 25.4. The smallest absolute Gasteiger partial charge is 0.237 e. The van der Waals surface area contributed by atoms with E-state index in [9.17, 15) is 13.2 Å². The monoisotopic (exact) mass is 387 g/mol. The molecule has 0 saturated carbocycles. The van der Waals surface area contributed by atoms with Gasteiger partial charge in [-0.05, 0) is 30.7 Å². The summed E-state index contributed by atoms with van der Waals surface area (Å²) in [5, 5.41) is 0.619. The Morgan fingerprint density at radius 1 is 1.24 bits per heavy atom. The van der Waals surface area contributed by atoms with Crippen LogP contribution in [-0.2, 0) is 21.2 Å². The first kappa shape index (κ1) is 20.2. The van der Waals surface area contributed by atoms with E-state index in [2.05, 4.69) is 11.8 Å². The second-order valence-corrected chi connectivity index (χ2v) is 8.71. The number of sulfonamides is 1. The number of carbonyl (C=O) groups is 1. The Kier molecular flexibility index (Phi) is 7.25. The van der Waals surface area contributed by atoms with Crippen molar-refractivity contribution in [1.29, 1.82) is 0 Å². The van der Waals surface area contributed by atoms with Gasteiger partial charge >= 0.3 is 0 Å². The molecule has 1 aliphatic heterocycles. The maximum atomic E-state index is 12.5. The summed E-state index contributed by atoms with van der Waals surface area (Å²) in [7, 11) is -3.45. The summed E-state index contributed by atoms with van der Waals surface area (Å²) >= 11 is 5.96. The molecular formula is C17H26ClN3O3S. The van der Waals surface area contributed by atoms with Crippen molar-refractivity contribution < 1.29 is 13.2 Å². The van der Waals surface area contributed by atoms with Crippen LogP contribution in [0.25, 0.3) is 0 Å². The lowest BCUT2D eigenvalue weighted by Gasteiger charge is -2.35. The predicted molar refractivity (Wildman–Crippen MR) is 100 cm³/mol. The Labute approximate surface area is 155 Å². The number of likely N-dealkylation sites (N-methyl/N-ethyl adjacent to an activating group) is 1. The summed E-state index contributed by atoms with van der Waals surface area (Å²) in [6.45, 7) is 6.20. The van der Waals surface area contributed by atoms with E-state index in [1.807, 2.05) is 18.2 Å². The van der Waals surface area contributed by atoms with Crippen LogP contribution in [0.4, 0.5) is 0 Å². The van der Waals surface area contributed by atoms with Crippen molar-refractivity contribution in [2.45, 2.75) is 13.3 Å². The van der Waals surface area contributed by atoms with Gasteiger partial charge in [-0.3, -0.25) is 4.79 Å². The van der Waals surface area contributed by atoms with Gasteiger partial charge in [-0.2, -0.15) is 4.31 Å². The lowest BCUT2D eigenvalue weighted by molar-refractivity contribution is -0.133. The van der Waals surface area contributed by atoms with Crippen molar-refractivity contribution >= 4 is 27.5 Å². The Hall–Kier alpha value is -1.15. The van der Waals surface area contributed by atoms with E-state index in [4.69, 9.17) is 11.6 Å². The van der Waals surface area contributed by atoms with Gasteiger partial charge in [0.25, 0.3) is 0 Å². The van der Waals surface area contributed by atoms with E-state index in [0.29, 0.717) is 24.5 Å². The summed E-state index contributed by atoms with van der Waals surface area (Å²) in [6, 6.07) is 7.33. The molecule has 0 spiro atoms. The highest BCUT2D eigenvalue weighted by Crippen LogP contribution is 2.12. The number of carbonyl (C=O) groups excluding carboxylic acids is 1. The highest BCUT2D eigenvalue weighted by atomic mass is 35.5. The van der Waals surface area contributed by atoms with Gasteiger partial charge in [0.1, 0.15) is 0 Å². The molecule has 1 aliphatic rings. The van der Waals surface area contributed by atoms with Crippen molar-refractivity contribution in [3.63, 3.8) is 0 Å². The van der Waals surface area contributed by atoms with Crippen LogP contribution >= 0.6 is 11.6 Å². The molecule has 1 aromatic carbocycles. The Morgan fingerprint density at radius 2 is 1.92 bits per heavy atom. The normalized spacial score (nSPS) is 16.4. The van der Waals surface area contributed by atoms with Crippen LogP contribution in [0.15, 0.2) is 24.3 Å². The van der Waals surface area contributed by atoms with Crippen molar-refractivity contribution in [3.05, 3.63) is 34.9 Å². The molecule has 1 heterocycles. The summed E-state index contributed by atoms with van der Waals surface area (Å²) in [5.74, 6) is -0.132. The Balaban J connectivity index is 1.95. The topological polar surface area (TPSA) is 60.9 Å². The first-order chi connectivity index (χ1) is 11.8. The Bertz CT molecular complexity index is 688. The zero-order valence-electron chi connectivity index (χ0n) is 14.8. The van der Waals surface area contributed by atoms with Crippen molar-refractivity contribution in [1.82, 2.24) is 14.1 Å². The van der Waals surface area contributed by atoms with Crippen LogP contribution in [0.5, 0.6) is 0 Å². The SMILES string of the molecule is CCN1CCN(C(=O)CN(CCc2cccc(Cl)c2)S(C)(=O)=O)CC1. The third-order valence-electron chi connectivity index (χ3n) is 4.49. The standard InChI is InChI=1S/C17H26ClN3O3S/c1-3-19-9-11-20(12-10-19)17(22)14-21(25(2,23)24)8-7-15-5-4-6-16(18)13-15/h4-6,13H,3,7-12,14H2,1-2H3. The molecule has 0 radical (unpaired) electrons. The van der Waals surface area contributed by atoms with E-state index in [1.165, 1.54) is 4.31 Å². The average molecular weight is 388 g/mol. The van der Waals surface area contributed by atoms with Crippen LogP contribution in [0.1, 0.15) is 12.5 Å². The third-order valence-corrected chi connectivity index (χ3v) is 5.98. The number of hydrogen-bond acceptors (Lipinski definition) is 4. The molecule has 1 fully saturated rings. The van der Waals surface area contributed by atoms with Gasteiger partial charge in [-0.25, -0.2) is 8.42 Å². The van der Waals surface area contributed by atoms with E-state index < -0.39 is 10.0 Å². The van der Waals surface area contributed by atoms with Gasteiger partial charge in [-0.15, -0.1) is 0 Å². The Morgan fingerprint density at radius 3 is 2.48 bits per heavy atom. The lowest BCUT2D eigenvalue weighted by atomic mass is 10.1. The molecule has 0 atom stereocenters. The minimum absolute atomic E-state index is 0.106. The fourth-order valence-electron chi connectivity index (χ4n) is 2.87. The van der Waals surface area contributed by atoms with Crippen molar-refractivity contribution in [2.75, 3.05) is 52.1 Å². The molecule has 0 bridgehead atoms. The zero-order chi connectivity index (χ0) is 18.4. The highest BCUT2D eigenvalue weighted by Gasteiger charge is 2.25. The number of halogens is 1. The molecule has 6 nitrogen and oxygen atoms in total. The molecule has 1 amide bonds. The molecule has 25 heavy (non-hydrogen) atoms. The maximum Gasteiger partial charge on any atom is 0.237 e. The first-order valence-electron chi connectivity index (χ1n) is 8.49. The lowest BCUT2D eigenvalue weighted by Crippen LogP contribution is -2.51. The van der Waals surface area contributed by atoms with Crippen LogP contribution in [0, 0.1) is 0 Å². The van der Waals surface area contributed by atoms with Gasteiger partial charge < -0.3 is 9.80 Å². The summed E-state index contributed by atoms with van der Waals surface area (Å²) in [5.41, 5.74) is 0.949. The molecule has 8 heteroatoms. The van der Waals surface area contributed by atoms with Crippen LogP contribution in [0.2, 0.25) is 5.02 Å². The number of piperazine rings is 1. The van der Waals surface area contributed by atoms with Gasteiger partial charge in [0.2, 0.25) is 15.9 Å². The highest BCUT2D eigenvalue weighted by molar-refractivity contribution is 7.88. The molecule has 1 saturated heterocycles. The molecular weight excluding hydrogens is 362 g/mol. The zero-order valence-corrected chi connectivity index (χ0v) is 16.4. The van der Waals surface area contributed by atoms with Crippen LogP contribution in [0.3, 0.4) is 0 Å². The average Bonchev–Trinajstić information content (AvgIpc) is 2.57. The van der Waals surface area contributed by atoms with E-state index in [1.54, 1.807) is 11.0 Å². The second kappa shape index (κ2) is 8.98. The van der Waals surface area contributed by atoms with Crippen LogP contribution < -0.4 is 0 Å². The summed E-state index contributed by atoms with van der Waals surface area (Å²) in [6.07, 6.45) is 1.66. The number of amides is 1. The summed E-state index contributed by atoms with van der Waals surface area (Å²) in [4.78, 5) is 16.5. The molecule has 0 aromatic heterocycles. The van der Waals surface area contributed by atoms with E-state index in [0.717, 1.165) is 31.5 Å². The fraction of sp³-hybridized carbons (Fsp3) is 0.588. The molecule has 0 aliphatic carbocycles. The quantitative estimate of drug-likeness (QED) is 0.707. The second-order valence-electron chi connectivity index (χ2n) is 6.29. The van der Waals surface area contributed by atoms with Crippen molar-refractivity contribution in [3.8, 4) is 0 Å². The third kappa shape index (κ3) is 6.26. The van der Waals surface area contributed by atoms with Gasteiger partial charge in [0.15, 0.2) is 0 Å². The van der Waals surface area contributed by atoms with E-state index in [-0.39, 0.29) is 19.0 Å². The molecule has 2 rings (SSSR count). The van der Waals surface area contributed by atoms with Gasteiger partial charge in [0.05, 0.1) is 12.8 Å². The minimum Gasteiger partial charge on any atom is -0.339 e. The van der Waals surface area contributed by atoms with Crippen molar-refractivity contribution in [2.24, 2.45) is 0 Å². The molecule has 0 unspecified atom stereocenters. The van der Waals surface area contributed by atoms with E-state index >= 15 is 0 Å². The molecule has 1 aromatic rings.